The SMILES string of the molecule is CCCCCCCCC[Si](C)(C)O[Si](C)(C)O[Si](C)(C)O[Si](C)(C)O[Si](C)(C)CCCCCCCC. The fourth-order valence-corrected chi connectivity index (χ4v) is 30.3. The topological polar surface area (TPSA) is 36.9 Å². The van der Waals surface area contributed by atoms with Gasteiger partial charge in [-0.25, -0.2) is 0 Å². The van der Waals surface area contributed by atoms with Gasteiger partial charge < -0.3 is 16.5 Å². The van der Waals surface area contributed by atoms with Crippen molar-refractivity contribution in [2.75, 3.05) is 0 Å². The molecule has 0 aliphatic rings. The summed E-state index contributed by atoms with van der Waals surface area (Å²) in [4.78, 5) is 0. The molecule has 0 bridgehead atoms. The van der Waals surface area contributed by atoms with Crippen molar-refractivity contribution >= 4 is 42.3 Å². The first-order valence-electron chi connectivity index (χ1n) is 15.3. The van der Waals surface area contributed by atoms with Gasteiger partial charge in [0.15, 0.2) is 16.6 Å². The Hall–Kier alpha value is 0.924. The predicted octanol–water partition coefficient (Wildman–Crippen LogP) is 10.7. The Kier molecular flexibility index (Phi) is 18.0. The Morgan fingerprint density at radius 3 is 0.889 bits per heavy atom. The van der Waals surface area contributed by atoms with Crippen molar-refractivity contribution in [2.24, 2.45) is 0 Å². The molecule has 0 aromatic rings. The molecule has 0 atom stereocenters. The zero-order valence-corrected chi connectivity index (χ0v) is 31.7. The molecule has 0 heterocycles. The van der Waals surface area contributed by atoms with Crippen molar-refractivity contribution in [1.29, 1.82) is 0 Å². The number of hydrogen-bond donors (Lipinski definition) is 0. The van der Waals surface area contributed by atoms with Crippen molar-refractivity contribution < 1.29 is 16.5 Å². The van der Waals surface area contributed by atoms with E-state index in [9.17, 15) is 0 Å². The van der Waals surface area contributed by atoms with Crippen molar-refractivity contribution in [3.63, 3.8) is 0 Å². The van der Waals surface area contributed by atoms with Gasteiger partial charge in [0.1, 0.15) is 0 Å². The normalized spacial score (nSPS) is 14.0. The highest BCUT2D eigenvalue weighted by Crippen LogP contribution is 2.29. The lowest BCUT2D eigenvalue weighted by atomic mass is 10.1. The Bertz CT molecular complexity index is 568. The maximum absolute atomic E-state index is 6.81. The highest BCUT2D eigenvalue weighted by atomic mass is 28.5. The van der Waals surface area contributed by atoms with Crippen LogP contribution >= 0.6 is 0 Å². The molecule has 0 saturated heterocycles. The number of hydrogen-bond acceptors (Lipinski definition) is 4. The van der Waals surface area contributed by atoms with Gasteiger partial charge in [-0.1, -0.05) is 97.3 Å². The van der Waals surface area contributed by atoms with E-state index in [1.807, 2.05) is 0 Å². The third kappa shape index (κ3) is 20.8. The summed E-state index contributed by atoms with van der Waals surface area (Å²) in [5.41, 5.74) is 0. The molecule has 0 spiro atoms. The highest BCUT2D eigenvalue weighted by molar-refractivity contribution is 6.90. The minimum atomic E-state index is -2.37. The summed E-state index contributed by atoms with van der Waals surface area (Å²) in [5, 5.41) is 0. The summed E-state index contributed by atoms with van der Waals surface area (Å²) in [7, 11) is -10.4. The zero-order chi connectivity index (χ0) is 27.9. The van der Waals surface area contributed by atoms with Gasteiger partial charge in [-0.15, -0.1) is 0 Å². The van der Waals surface area contributed by atoms with E-state index in [2.05, 4.69) is 79.3 Å². The van der Waals surface area contributed by atoms with E-state index < -0.39 is 42.3 Å². The molecule has 0 aromatic heterocycles. The van der Waals surface area contributed by atoms with Crippen LogP contribution < -0.4 is 0 Å². The third-order valence-electron chi connectivity index (χ3n) is 6.54. The van der Waals surface area contributed by atoms with Crippen molar-refractivity contribution in [1.82, 2.24) is 0 Å². The second-order valence-corrected chi connectivity index (χ2v) is 33.2. The maximum atomic E-state index is 6.81. The summed E-state index contributed by atoms with van der Waals surface area (Å²) < 4.78 is 27.1. The standard InChI is InChI=1S/C27H66O4Si5/c1-13-15-17-19-21-23-25-27-33(5,6)29-35(9,10)31-36(11,12)30-34(7,8)28-32(3,4)26-24-22-20-18-16-14-2/h13-27H2,1-12H3. The molecular formula is C27H66O4Si5. The van der Waals surface area contributed by atoms with Gasteiger partial charge in [-0.3, -0.25) is 0 Å². The smallest absolute Gasteiger partial charge is 0.314 e. The van der Waals surface area contributed by atoms with Crippen LogP contribution in [-0.4, -0.2) is 42.3 Å². The average Bonchev–Trinajstić information content (AvgIpc) is 2.66. The summed E-state index contributed by atoms with van der Waals surface area (Å²) in [5.74, 6) is 0. The number of unbranched alkanes of at least 4 members (excludes halogenated alkanes) is 11. The molecule has 36 heavy (non-hydrogen) atoms. The Labute approximate surface area is 233 Å². The first kappa shape index (κ1) is 36.9. The summed E-state index contributed by atoms with van der Waals surface area (Å²) in [6, 6.07) is 2.45. The first-order chi connectivity index (χ1) is 16.4. The van der Waals surface area contributed by atoms with E-state index in [-0.39, 0.29) is 0 Å². The van der Waals surface area contributed by atoms with E-state index in [1.54, 1.807) is 0 Å². The van der Waals surface area contributed by atoms with Crippen LogP contribution in [-0.2, 0) is 16.5 Å². The van der Waals surface area contributed by atoms with Crippen molar-refractivity contribution in [3.8, 4) is 0 Å². The summed E-state index contributed by atoms with van der Waals surface area (Å²) in [6.07, 6.45) is 17.5. The molecule has 0 saturated carbocycles. The summed E-state index contributed by atoms with van der Waals surface area (Å²) in [6.45, 7) is 27.3. The maximum Gasteiger partial charge on any atom is 0.314 e. The van der Waals surface area contributed by atoms with Crippen LogP contribution in [0, 0.1) is 0 Å². The monoisotopic (exact) mass is 594 g/mol. The van der Waals surface area contributed by atoms with Crippen LogP contribution in [0.3, 0.4) is 0 Å². The highest BCUT2D eigenvalue weighted by Gasteiger charge is 2.45. The van der Waals surface area contributed by atoms with E-state index in [0.717, 1.165) is 0 Å². The van der Waals surface area contributed by atoms with Gasteiger partial charge in [0.25, 0.3) is 0 Å². The lowest BCUT2D eigenvalue weighted by Gasteiger charge is -2.42. The van der Waals surface area contributed by atoms with Gasteiger partial charge in [-0.2, -0.15) is 0 Å². The predicted molar refractivity (Wildman–Crippen MR) is 173 cm³/mol. The van der Waals surface area contributed by atoms with E-state index >= 15 is 0 Å². The molecule has 4 nitrogen and oxygen atoms in total. The molecule has 0 aliphatic heterocycles. The minimum Gasteiger partial charge on any atom is -0.436 e. The fourth-order valence-electron chi connectivity index (χ4n) is 5.52. The molecular weight excluding hydrogens is 529 g/mol. The first-order valence-corrected chi connectivity index (χ1v) is 29.9. The van der Waals surface area contributed by atoms with E-state index in [0.29, 0.717) is 0 Å². The van der Waals surface area contributed by atoms with Crippen LogP contribution in [0.1, 0.15) is 97.3 Å². The minimum absolute atomic E-state index is 1.23. The van der Waals surface area contributed by atoms with Crippen LogP contribution in [0.2, 0.25) is 77.6 Å². The molecule has 0 aliphatic carbocycles. The molecule has 0 amide bonds. The molecule has 9 heteroatoms. The Morgan fingerprint density at radius 1 is 0.333 bits per heavy atom. The quantitative estimate of drug-likeness (QED) is 0.0870. The van der Waals surface area contributed by atoms with Crippen molar-refractivity contribution in [2.45, 2.75) is 175 Å². The Morgan fingerprint density at radius 2 is 0.583 bits per heavy atom. The molecule has 0 unspecified atom stereocenters. The second kappa shape index (κ2) is 17.6. The third-order valence-corrected chi connectivity index (χ3v) is 25.9. The second-order valence-electron chi connectivity index (χ2n) is 13.5. The largest absolute Gasteiger partial charge is 0.436 e. The lowest BCUT2D eigenvalue weighted by Crippen LogP contribution is -2.58. The average molecular weight is 595 g/mol. The molecule has 0 rings (SSSR count). The van der Waals surface area contributed by atoms with Gasteiger partial charge in [0.2, 0.25) is 0 Å². The zero-order valence-electron chi connectivity index (χ0n) is 26.7. The molecule has 0 N–H and O–H groups in total. The van der Waals surface area contributed by atoms with Gasteiger partial charge in [0.05, 0.1) is 0 Å². The molecule has 0 aromatic carbocycles. The van der Waals surface area contributed by atoms with Crippen molar-refractivity contribution in [3.05, 3.63) is 0 Å². The van der Waals surface area contributed by atoms with Crippen LogP contribution in [0.4, 0.5) is 0 Å². The molecule has 218 valence electrons. The van der Waals surface area contributed by atoms with Crippen LogP contribution in [0.25, 0.3) is 0 Å². The molecule has 0 fully saturated rings. The summed E-state index contributed by atoms with van der Waals surface area (Å²) >= 11 is 0. The van der Waals surface area contributed by atoms with Gasteiger partial charge in [-0.05, 0) is 77.6 Å². The van der Waals surface area contributed by atoms with Crippen LogP contribution in [0.15, 0.2) is 0 Å². The molecule has 0 radical (unpaired) electrons. The van der Waals surface area contributed by atoms with E-state index in [1.165, 1.54) is 95.6 Å². The lowest BCUT2D eigenvalue weighted by molar-refractivity contribution is 0.298. The fraction of sp³-hybridized carbons (Fsp3) is 1.00. The van der Waals surface area contributed by atoms with E-state index in [4.69, 9.17) is 16.5 Å². The van der Waals surface area contributed by atoms with Gasteiger partial charge in [0, 0.05) is 0 Å². The number of rotatable bonds is 23. The Balaban J connectivity index is 4.64. The van der Waals surface area contributed by atoms with Gasteiger partial charge >= 0.3 is 25.7 Å². The van der Waals surface area contributed by atoms with Crippen LogP contribution in [0.5, 0.6) is 0 Å².